The van der Waals surface area contributed by atoms with Crippen LogP contribution in [-0.2, 0) is 6.54 Å². The summed E-state index contributed by atoms with van der Waals surface area (Å²) in [6.07, 6.45) is 1.95. The summed E-state index contributed by atoms with van der Waals surface area (Å²) in [6, 6.07) is 21.5. The molecule has 1 aliphatic rings. The number of rotatable bonds is 4. The molecule has 0 amide bonds. The van der Waals surface area contributed by atoms with Gasteiger partial charge in [-0.05, 0) is 25.0 Å². The van der Waals surface area contributed by atoms with E-state index in [0.29, 0.717) is 0 Å². The molecule has 0 bridgehead atoms. The number of fused-ring (bicyclic) bond motifs is 1. The fourth-order valence-corrected chi connectivity index (χ4v) is 4.20. The molecule has 0 radical (unpaired) electrons. The van der Waals surface area contributed by atoms with E-state index in [1.165, 1.54) is 11.1 Å². The first-order valence-electron chi connectivity index (χ1n) is 10.6. The lowest BCUT2D eigenvalue weighted by Gasteiger charge is -2.36. The predicted molar refractivity (Wildman–Crippen MR) is 122 cm³/mol. The highest BCUT2D eigenvalue weighted by molar-refractivity contribution is 5.78. The Morgan fingerprint density at radius 3 is 2.33 bits per heavy atom. The van der Waals surface area contributed by atoms with E-state index in [1.54, 1.807) is 0 Å². The van der Waals surface area contributed by atoms with E-state index < -0.39 is 0 Å². The third-order valence-electron chi connectivity index (χ3n) is 5.89. The normalized spacial score (nSPS) is 15.1. The second-order valence-corrected chi connectivity index (χ2v) is 8.16. The van der Waals surface area contributed by atoms with Gasteiger partial charge in [-0.1, -0.05) is 60.2 Å². The number of aromatic nitrogens is 3. The first-order valence-corrected chi connectivity index (χ1v) is 10.6. The molecule has 0 spiro atoms. The van der Waals surface area contributed by atoms with Crippen LogP contribution in [0.2, 0.25) is 0 Å². The molecule has 2 aromatic heterocycles. The van der Waals surface area contributed by atoms with E-state index in [9.17, 15) is 0 Å². The summed E-state index contributed by atoms with van der Waals surface area (Å²) in [7, 11) is 0. The molecule has 0 aliphatic carbocycles. The number of anilines is 1. The first kappa shape index (κ1) is 18.8. The van der Waals surface area contributed by atoms with E-state index in [-0.39, 0.29) is 0 Å². The van der Waals surface area contributed by atoms with Crippen LogP contribution in [0.5, 0.6) is 0 Å². The SMILES string of the molecule is Cc1ccc(-c2cnn3c(N4CCN(Cc5ccccc5)CC4)cc(C)nc23)cc1. The average Bonchev–Trinajstić information content (AvgIpc) is 3.19. The quantitative estimate of drug-likeness (QED) is 0.513. The second-order valence-electron chi connectivity index (χ2n) is 8.16. The summed E-state index contributed by atoms with van der Waals surface area (Å²) in [4.78, 5) is 9.79. The maximum atomic E-state index is 4.82. The molecule has 152 valence electrons. The monoisotopic (exact) mass is 397 g/mol. The third-order valence-corrected chi connectivity index (χ3v) is 5.89. The van der Waals surface area contributed by atoms with E-state index in [4.69, 9.17) is 10.1 Å². The zero-order valence-corrected chi connectivity index (χ0v) is 17.6. The van der Waals surface area contributed by atoms with Gasteiger partial charge >= 0.3 is 0 Å². The fourth-order valence-electron chi connectivity index (χ4n) is 4.20. The largest absolute Gasteiger partial charge is 0.354 e. The number of nitrogens with zero attached hydrogens (tertiary/aromatic N) is 5. The van der Waals surface area contributed by atoms with E-state index in [2.05, 4.69) is 84.3 Å². The van der Waals surface area contributed by atoms with Crippen molar-refractivity contribution in [2.45, 2.75) is 20.4 Å². The lowest BCUT2D eigenvalue weighted by Crippen LogP contribution is -2.46. The highest BCUT2D eigenvalue weighted by Gasteiger charge is 2.21. The van der Waals surface area contributed by atoms with Crippen LogP contribution >= 0.6 is 0 Å². The van der Waals surface area contributed by atoms with Gasteiger partial charge in [-0.25, -0.2) is 4.98 Å². The molecule has 0 atom stereocenters. The standard InChI is InChI=1S/C25H27N5/c1-19-8-10-22(11-9-19)23-17-26-30-24(16-20(2)27-25(23)30)29-14-12-28(13-15-29)18-21-6-4-3-5-7-21/h3-11,16-17H,12-15,18H2,1-2H3. The summed E-state index contributed by atoms with van der Waals surface area (Å²) < 4.78 is 2.01. The summed E-state index contributed by atoms with van der Waals surface area (Å²) in [5, 5.41) is 4.72. The van der Waals surface area contributed by atoms with Crippen LogP contribution in [0.3, 0.4) is 0 Å². The minimum Gasteiger partial charge on any atom is -0.354 e. The van der Waals surface area contributed by atoms with Gasteiger partial charge < -0.3 is 4.90 Å². The summed E-state index contributed by atoms with van der Waals surface area (Å²) in [5.74, 6) is 1.13. The Kier molecular flexibility index (Phi) is 4.97. The van der Waals surface area contributed by atoms with Crippen LogP contribution in [0.1, 0.15) is 16.8 Å². The van der Waals surface area contributed by atoms with Gasteiger partial charge in [0.25, 0.3) is 0 Å². The van der Waals surface area contributed by atoms with Crippen molar-refractivity contribution in [3.63, 3.8) is 0 Å². The molecule has 0 N–H and O–H groups in total. The number of hydrogen-bond donors (Lipinski definition) is 0. The molecule has 5 nitrogen and oxygen atoms in total. The maximum Gasteiger partial charge on any atom is 0.165 e. The van der Waals surface area contributed by atoms with Crippen LogP contribution in [0.25, 0.3) is 16.8 Å². The van der Waals surface area contributed by atoms with Crippen LogP contribution in [0.4, 0.5) is 5.82 Å². The van der Waals surface area contributed by atoms with Gasteiger partial charge in [-0.2, -0.15) is 9.61 Å². The molecule has 1 fully saturated rings. The Labute approximate surface area is 177 Å². The number of piperazine rings is 1. The second kappa shape index (κ2) is 7.92. The van der Waals surface area contributed by atoms with Crippen LogP contribution in [0, 0.1) is 13.8 Å². The van der Waals surface area contributed by atoms with Crippen molar-refractivity contribution in [2.24, 2.45) is 0 Å². The van der Waals surface area contributed by atoms with Crippen molar-refractivity contribution in [3.05, 3.63) is 83.7 Å². The molecule has 5 rings (SSSR count). The Morgan fingerprint density at radius 1 is 0.867 bits per heavy atom. The van der Waals surface area contributed by atoms with Gasteiger partial charge in [0, 0.05) is 50.0 Å². The summed E-state index contributed by atoms with van der Waals surface area (Å²) >= 11 is 0. The maximum absolute atomic E-state index is 4.82. The minimum atomic E-state index is 0.931. The zero-order chi connectivity index (χ0) is 20.5. The molecule has 5 heteroatoms. The Morgan fingerprint density at radius 2 is 1.60 bits per heavy atom. The van der Waals surface area contributed by atoms with Crippen LogP contribution in [0.15, 0.2) is 66.9 Å². The average molecular weight is 398 g/mol. The molecule has 3 heterocycles. The molecule has 4 aromatic rings. The van der Waals surface area contributed by atoms with Gasteiger partial charge in [0.2, 0.25) is 0 Å². The highest BCUT2D eigenvalue weighted by Crippen LogP contribution is 2.28. The van der Waals surface area contributed by atoms with Gasteiger partial charge in [-0.15, -0.1) is 0 Å². The van der Waals surface area contributed by atoms with Crippen LogP contribution < -0.4 is 4.90 Å². The van der Waals surface area contributed by atoms with E-state index in [1.807, 2.05) is 10.7 Å². The van der Waals surface area contributed by atoms with Crippen molar-refractivity contribution in [3.8, 4) is 11.1 Å². The smallest absolute Gasteiger partial charge is 0.165 e. The Bertz CT molecular complexity index is 1140. The van der Waals surface area contributed by atoms with E-state index in [0.717, 1.165) is 61.0 Å². The molecule has 0 unspecified atom stereocenters. The van der Waals surface area contributed by atoms with Crippen molar-refractivity contribution in [1.29, 1.82) is 0 Å². The van der Waals surface area contributed by atoms with Crippen molar-refractivity contribution in [2.75, 3.05) is 31.1 Å². The number of hydrogen-bond acceptors (Lipinski definition) is 4. The lowest BCUT2D eigenvalue weighted by atomic mass is 10.1. The third kappa shape index (κ3) is 3.68. The predicted octanol–water partition coefficient (Wildman–Crippen LogP) is 4.34. The fraction of sp³-hybridized carbons (Fsp3) is 0.280. The number of aryl methyl sites for hydroxylation is 2. The van der Waals surface area contributed by atoms with Gasteiger partial charge in [-0.3, -0.25) is 4.90 Å². The molecular formula is C25H27N5. The van der Waals surface area contributed by atoms with Crippen molar-refractivity contribution < 1.29 is 0 Å². The molecule has 0 saturated carbocycles. The summed E-state index contributed by atoms with van der Waals surface area (Å²) in [5.41, 5.74) is 6.84. The van der Waals surface area contributed by atoms with Gasteiger partial charge in [0.15, 0.2) is 5.65 Å². The Hall–Kier alpha value is -3.18. The van der Waals surface area contributed by atoms with Crippen LogP contribution in [-0.4, -0.2) is 45.7 Å². The molecule has 1 saturated heterocycles. The number of benzene rings is 2. The summed E-state index contributed by atoms with van der Waals surface area (Å²) in [6.45, 7) is 9.27. The van der Waals surface area contributed by atoms with Crippen molar-refractivity contribution >= 4 is 11.5 Å². The Balaban J connectivity index is 1.39. The van der Waals surface area contributed by atoms with Gasteiger partial charge in [0.05, 0.1) is 6.20 Å². The molecule has 30 heavy (non-hydrogen) atoms. The highest BCUT2D eigenvalue weighted by atomic mass is 15.4. The van der Waals surface area contributed by atoms with E-state index >= 15 is 0 Å². The van der Waals surface area contributed by atoms with Gasteiger partial charge in [0.1, 0.15) is 5.82 Å². The molecule has 1 aliphatic heterocycles. The first-order chi connectivity index (χ1) is 14.7. The molecule has 2 aromatic carbocycles. The molecular weight excluding hydrogens is 370 g/mol. The van der Waals surface area contributed by atoms with Crippen molar-refractivity contribution in [1.82, 2.24) is 19.5 Å². The topological polar surface area (TPSA) is 36.7 Å². The lowest BCUT2D eigenvalue weighted by molar-refractivity contribution is 0.249. The minimum absolute atomic E-state index is 0.931. The zero-order valence-electron chi connectivity index (χ0n) is 17.6.